The number of halogens is 2. The van der Waals surface area contributed by atoms with Gasteiger partial charge in [0.25, 0.3) is 0 Å². The molecule has 2 aromatic carbocycles. The molecule has 0 radical (unpaired) electrons. The van der Waals surface area contributed by atoms with Crippen LogP contribution in [0.1, 0.15) is 60.6 Å². The van der Waals surface area contributed by atoms with E-state index in [2.05, 4.69) is 37.0 Å². The summed E-state index contributed by atoms with van der Waals surface area (Å²) < 4.78 is 28.3. The summed E-state index contributed by atoms with van der Waals surface area (Å²) in [5.74, 6) is 1.25. The number of methoxy groups -OCH3 is 2. The molecule has 2 heterocycles. The minimum Gasteiger partial charge on any atom is -0.502 e. The van der Waals surface area contributed by atoms with Gasteiger partial charge in [0, 0.05) is 11.8 Å². The van der Waals surface area contributed by atoms with Gasteiger partial charge in [0.1, 0.15) is 0 Å². The van der Waals surface area contributed by atoms with Crippen molar-refractivity contribution in [1.29, 1.82) is 0 Å². The lowest BCUT2D eigenvalue weighted by atomic mass is 9.62. The quantitative estimate of drug-likeness (QED) is 0.227. The average molecular weight is 642 g/mol. The lowest BCUT2D eigenvalue weighted by Crippen LogP contribution is -2.36. The third kappa shape index (κ3) is 7.39. The Kier molecular flexibility index (Phi) is 12.5. The fraction of sp³-hybridized carbons (Fsp3) is 0.594. The Morgan fingerprint density at radius 2 is 1.44 bits per heavy atom. The number of hydrogen-bond acceptors (Lipinski definition) is 9. The van der Waals surface area contributed by atoms with E-state index in [-0.39, 0.29) is 67.0 Å². The first-order valence-electron chi connectivity index (χ1n) is 14.7. The maximum Gasteiger partial charge on any atom is 0.310 e. The van der Waals surface area contributed by atoms with Crippen molar-refractivity contribution in [3.05, 3.63) is 41.0 Å². The number of carbonyl (C=O) groups is 1. The molecule has 4 atom stereocenters. The van der Waals surface area contributed by atoms with Crippen LogP contribution in [-0.2, 0) is 9.53 Å². The van der Waals surface area contributed by atoms with Crippen LogP contribution in [0.3, 0.4) is 0 Å². The number of phenolic OH excluding ortho intramolecular Hbond substituents is 1. The smallest absolute Gasteiger partial charge is 0.310 e. The Hall–Kier alpha value is -2.59. The molecule has 240 valence electrons. The van der Waals surface area contributed by atoms with Gasteiger partial charge in [0.05, 0.1) is 26.7 Å². The number of aromatic hydroxyl groups is 1. The van der Waals surface area contributed by atoms with Gasteiger partial charge in [-0.2, -0.15) is 0 Å². The third-order valence-electron chi connectivity index (χ3n) is 8.92. The minimum atomic E-state index is -0.367. The minimum absolute atomic E-state index is 0. The molecule has 2 aliphatic heterocycles. The summed E-state index contributed by atoms with van der Waals surface area (Å²) in [7, 11) is 9.45. The fourth-order valence-corrected chi connectivity index (χ4v) is 6.78. The third-order valence-corrected chi connectivity index (χ3v) is 8.92. The van der Waals surface area contributed by atoms with Crippen LogP contribution in [0.5, 0.6) is 28.7 Å². The molecule has 9 nitrogen and oxygen atoms in total. The van der Waals surface area contributed by atoms with Crippen LogP contribution >= 0.6 is 24.8 Å². The van der Waals surface area contributed by atoms with Crippen LogP contribution in [0.4, 0.5) is 0 Å². The van der Waals surface area contributed by atoms with E-state index in [4.69, 9.17) is 23.7 Å². The predicted octanol–water partition coefficient (Wildman–Crippen LogP) is 5.44. The number of fused-ring (bicyclic) bond motifs is 3. The van der Waals surface area contributed by atoms with Crippen LogP contribution in [0.25, 0.3) is 0 Å². The molecule has 0 aromatic heterocycles. The first-order valence-corrected chi connectivity index (χ1v) is 14.7. The number of esters is 1. The Bertz CT molecular complexity index is 1220. The molecule has 1 N–H and O–H groups in total. The molecule has 2 aromatic rings. The lowest BCUT2D eigenvalue weighted by Gasteiger charge is -2.40. The van der Waals surface area contributed by atoms with Gasteiger partial charge in [-0.3, -0.25) is 4.79 Å². The highest BCUT2D eigenvalue weighted by atomic mass is 35.5. The molecule has 0 saturated carbocycles. The zero-order valence-corrected chi connectivity index (χ0v) is 27.4. The van der Waals surface area contributed by atoms with Crippen molar-refractivity contribution in [3.63, 3.8) is 0 Å². The second-order valence-corrected chi connectivity index (χ2v) is 11.8. The normalized spacial score (nSPS) is 21.5. The van der Waals surface area contributed by atoms with Gasteiger partial charge in [-0.25, -0.2) is 0 Å². The molecule has 0 spiro atoms. The van der Waals surface area contributed by atoms with E-state index >= 15 is 0 Å². The summed E-state index contributed by atoms with van der Waals surface area (Å²) in [4.78, 5) is 18.0. The number of cyclic esters (lactones) is 1. The summed E-state index contributed by atoms with van der Waals surface area (Å²) in [6.45, 7) is 3.70. The van der Waals surface area contributed by atoms with E-state index in [1.54, 1.807) is 12.1 Å². The maximum absolute atomic E-state index is 13.4. The number of unbranched alkanes of at least 4 members (excludes halogenated alkanes) is 3. The van der Waals surface area contributed by atoms with E-state index < -0.39 is 0 Å². The fourth-order valence-electron chi connectivity index (χ4n) is 6.78. The molecular weight excluding hydrogens is 595 g/mol. The van der Waals surface area contributed by atoms with Crippen LogP contribution in [0.15, 0.2) is 24.3 Å². The number of carbonyl (C=O) groups excluding carboxylic acids is 1. The summed E-state index contributed by atoms with van der Waals surface area (Å²) in [5.41, 5.74) is 3.02. The highest BCUT2D eigenvalue weighted by Gasteiger charge is 2.52. The van der Waals surface area contributed by atoms with Crippen LogP contribution in [0, 0.1) is 11.8 Å². The molecule has 1 aliphatic carbocycles. The number of phenols is 1. The van der Waals surface area contributed by atoms with E-state index in [0.717, 1.165) is 42.9 Å². The number of benzene rings is 2. The van der Waals surface area contributed by atoms with E-state index in [1.807, 2.05) is 6.07 Å². The topological polar surface area (TPSA) is 89.9 Å². The van der Waals surface area contributed by atoms with E-state index in [1.165, 1.54) is 45.5 Å². The monoisotopic (exact) mass is 640 g/mol. The van der Waals surface area contributed by atoms with Crippen molar-refractivity contribution >= 4 is 30.8 Å². The Morgan fingerprint density at radius 3 is 2.05 bits per heavy atom. The van der Waals surface area contributed by atoms with Gasteiger partial charge in [0.2, 0.25) is 12.5 Å². The number of rotatable bonds is 13. The van der Waals surface area contributed by atoms with Crippen molar-refractivity contribution in [1.82, 2.24) is 9.80 Å². The predicted molar refractivity (Wildman–Crippen MR) is 170 cm³/mol. The first kappa shape index (κ1) is 34.9. The molecular formula is C32H46Cl2N2O7. The molecule has 1 saturated heterocycles. The second-order valence-electron chi connectivity index (χ2n) is 11.8. The van der Waals surface area contributed by atoms with Crippen molar-refractivity contribution in [2.75, 3.05) is 68.4 Å². The Morgan fingerprint density at radius 1 is 0.837 bits per heavy atom. The number of nitrogens with zero attached hydrogens (tertiary/aromatic N) is 2. The molecule has 3 aliphatic rings. The van der Waals surface area contributed by atoms with Crippen molar-refractivity contribution in [3.8, 4) is 28.7 Å². The van der Waals surface area contributed by atoms with E-state index in [9.17, 15) is 9.90 Å². The Balaban J connectivity index is 0.00000253. The van der Waals surface area contributed by atoms with Gasteiger partial charge in [-0.05, 0) is 107 Å². The zero-order valence-electron chi connectivity index (χ0n) is 25.8. The van der Waals surface area contributed by atoms with E-state index in [0.29, 0.717) is 23.9 Å². The zero-order chi connectivity index (χ0) is 29.1. The molecule has 5 rings (SSSR count). The van der Waals surface area contributed by atoms with Crippen molar-refractivity contribution in [2.45, 2.75) is 43.9 Å². The molecule has 1 unspecified atom stereocenters. The average Bonchev–Trinajstić information content (AvgIpc) is 3.58. The SMILES string of the molecule is COc1cc([C@@H]2c3cc4c(cc3[C@@H](CCN(C)CCCCCCN(C)C)C3COC(=O)[C@@H]32)OCO4)cc(OC)c1O.Cl.Cl. The summed E-state index contributed by atoms with van der Waals surface area (Å²) in [6.07, 6.45) is 5.83. The van der Waals surface area contributed by atoms with Crippen molar-refractivity contribution in [2.24, 2.45) is 11.8 Å². The lowest BCUT2D eigenvalue weighted by molar-refractivity contribution is -0.141. The van der Waals surface area contributed by atoms with Crippen molar-refractivity contribution < 1.29 is 33.6 Å². The number of ether oxygens (including phenoxy) is 5. The van der Waals surface area contributed by atoms with Crippen LogP contribution in [-0.4, -0.2) is 89.3 Å². The van der Waals surface area contributed by atoms with Crippen LogP contribution in [0.2, 0.25) is 0 Å². The van der Waals surface area contributed by atoms with Gasteiger partial charge in [-0.15, -0.1) is 24.8 Å². The standard InChI is InChI=1S/C32H44N2O7.2ClH/c1-33(2)11-8-6-7-9-12-34(3)13-10-21-22-16-25-26(41-19-40-25)17-23(22)29(30-24(21)18-39-32(30)36)20-14-27(37-4)31(35)28(15-20)38-5;;/h14-17,21,24,29-30,35H,6-13,18-19H2,1-5H3;2*1H/t21-,24?,29-,30+;;/m1../s1. The highest BCUT2D eigenvalue weighted by Crippen LogP contribution is 2.56. The molecule has 0 amide bonds. The first-order chi connectivity index (χ1) is 19.8. The largest absolute Gasteiger partial charge is 0.502 e. The number of hydrogen-bond donors (Lipinski definition) is 1. The van der Waals surface area contributed by atoms with Gasteiger partial charge in [-0.1, -0.05) is 12.8 Å². The molecule has 1 fully saturated rings. The molecule has 0 bridgehead atoms. The highest BCUT2D eigenvalue weighted by molar-refractivity contribution is 5.85. The Labute approximate surface area is 267 Å². The van der Waals surface area contributed by atoms with Crippen LogP contribution < -0.4 is 18.9 Å². The summed E-state index contributed by atoms with van der Waals surface area (Å²) >= 11 is 0. The maximum atomic E-state index is 13.4. The van der Waals surface area contributed by atoms with Gasteiger partial charge >= 0.3 is 5.97 Å². The van der Waals surface area contributed by atoms with Gasteiger partial charge in [0.15, 0.2) is 23.0 Å². The molecule has 43 heavy (non-hydrogen) atoms. The van der Waals surface area contributed by atoms with Gasteiger partial charge < -0.3 is 38.6 Å². The molecule has 11 heteroatoms. The second kappa shape index (κ2) is 15.4. The summed E-state index contributed by atoms with van der Waals surface area (Å²) in [5, 5.41) is 10.6. The summed E-state index contributed by atoms with van der Waals surface area (Å²) in [6, 6.07) is 7.73.